The molecule has 1 N–H and O–H groups in total. The number of H-pyrrole nitrogens is 1. The summed E-state index contributed by atoms with van der Waals surface area (Å²) in [6.07, 6.45) is 2.40. The SMILES string of the molecule is N#Cc1cccc(-c2n[nH]c(C3CC3)n2)c1. The lowest BCUT2D eigenvalue weighted by molar-refractivity contribution is 0.935. The number of aromatic nitrogens is 3. The first-order valence-corrected chi connectivity index (χ1v) is 5.29. The third kappa shape index (κ3) is 1.57. The summed E-state index contributed by atoms with van der Waals surface area (Å²) in [6, 6.07) is 9.46. The van der Waals surface area contributed by atoms with Crippen LogP contribution in [-0.2, 0) is 0 Å². The number of hydrogen-bond acceptors (Lipinski definition) is 3. The first kappa shape index (κ1) is 9.10. The Balaban J connectivity index is 1.97. The average Bonchev–Trinajstić information content (AvgIpc) is 3.07. The Labute approximate surface area is 93.0 Å². The van der Waals surface area contributed by atoms with E-state index in [0.29, 0.717) is 17.3 Å². The van der Waals surface area contributed by atoms with Crippen LogP contribution < -0.4 is 0 Å². The van der Waals surface area contributed by atoms with Crippen molar-refractivity contribution >= 4 is 0 Å². The minimum absolute atomic E-state index is 0.570. The second-order valence-electron chi connectivity index (χ2n) is 4.01. The Morgan fingerprint density at radius 2 is 2.25 bits per heavy atom. The van der Waals surface area contributed by atoms with Gasteiger partial charge in [-0.2, -0.15) is 10.4 Å². The predicted molar refractivity (Wildman–Crippen MR) is 58.5 cm³/mol. The molecule has 1 aliphatic rings. The minimum Gasteiger partial charge on any atom is -0.262 e. The van der Waals surface area contributed by atoms with Crippen LogP contribution in [0.4, 0.5) is 0 Å². The largest absolute Gasteiger partial charge is 0.262 e. The van der Waals surface area contributed by atoms with Gasteiger partial charge >= 0.3 is 0 Å². The number of benzene rings is 1. The van der Waals surface area contributed by atoms with E-state index in [1.54, 1.807) is 12.1 Å². The Kier molecular flexibility index (Phi) is 1.97. The lowest BCUT2D eigenvalue weighted by Gasteiger charge is -1.94. The molecule has 0 spiro atoms. The molecule has 3 rings (SSSR count). The second kappa shape index (κ2) is 3.46. The molecule has 2 aromatic rings. The van der Waals surface area contributed by atoms with Crippen LogP contribution in [0.5, 0.6) is 0 Å². The fraction of sp³-hybridized carbons (Fsp3) is 0.250. The molecule has 1 fully saturated rings. The van der Waals surface area contributed by atoms with Gasteiger partial charge in [-0.25, -0.2) is 4.98 Å². The van der Waals surface area contributed by atoms with Crippen LogP contribution in [0.25, 0.3) is 11.4 Å². The molecule has 0 saturated heterocycles. The number of rotatable bonds is 2. The molecule has 0 atom stereocenters. The van der Waals surface area contributed by atoms with Crippen molar-refractivity contribution in [1.82, 2.24) is 15.2 Å². The van der Waals surface area contributed by atoms with Gasteiger partial charge in [0.25, 0.3) is 0 Å². The van der Waals surface area contributed by atoms with Crippen molar-refractivity contribution in [3.63, 3.8) is 0 Å². The lowest BCUT2D eigenvalue weighted by Crippen LogP contribution is -1.83. The molecule has 78 valence electrons. The van der Waals surface area contributed by atoms with Crippen LogP contribution in [0.2, 0.25) is 0 Å². The number of hydrogen-bond donors (Lipinski definition) is 1. The molecule has 1 saturated carbocycles. The van der Waals surface area contributed by atoms with Crippen LogP contribution in [0.15, 0.2) is 24.3 Å². The van der Waals surface area contributed by atoms with Crippen LogP contribution in [0.1, 0.15) is 30.1 Å². The number of nitrogens with one attached hydrogen (secondary N) is 1. The predicted octanol–water partition coefficient (Wildman–Crippen LogP) is 2.22. The van der Waals surface area contributed by atoms with Gasteiger partial charge in [0.05, 0.1) is 11.6 Å². The van der Waals surface area contributed by atoms with Gasteiger partial charge < -0.3 is 0 Å². The summed E-state index contributed by atoms with van der Waals surface area (Å²) < 4.78 is 0. The normalized spacial score (nSPS) is 14.7. The van der Waals surface area contributed by atoms with Crippen LogP contribution in [-0.4, -0.2) is 15.2 Å². The maximum Gasteiger partial charge on any atom is 0.181 e. The van der Waals surface area contributed by atoms with E-state index in [9.17, 15) is 0 Å². The van der Waals surface area contributed by atoms with Crippen molar-refractivity contribution in [3.05, 3.63) is 35.7 Å². The summed E-state index contributed by atoms with van der Waals surface area (Å²) in [4.78, 5) is 4.44. The lowest BCUT2D eigenvalue weighted by atomic mass is 10.1. The van der Waals surface area contributed by atoms with Crippen molar-refractivity contribution in [2.75, 3.05) is 0 Å². The van der Waals surface area contributed by atoms with Gasteiger partial charge in [0.2, 0.25) is 0 Å². The molecule has 4 heteroatoms. The van der Waals surface area contributed by atoms with Gasteiger partial charge in [-0.05, 0) is 25.0 Å². The van der Waals surface area contributed by atoms with Crippen molar-refractivity contribution in [2.24, 2.45) is 0 Å². The van der Waals surface area contributed by atoms with E-state index in [-0.39, 0.29) is 0 Å². The van der Waals surface area contributed by atoms with Crippen molar-refractivity contribution in [1.29, 1.82) is 5.26 Å². The molecule has 0 unspecified atom stereocenters. The first-order chi connectivity index (χ1) is 7.86. The molecule has 0 radical (unpaired) electrons. The molecule has 16 heavy (non-hydrogen) atoms. The average molecular weight is 210 g/mol. The highest BCUT2D eigenvalue weighted by molar-refractivity contribution is 5.57. The topological polar surface area (TPSA) is 65.4 Å². The second-order valence-corrected chi connectivity index (χ2v) is 4.01. The van der Waals surface area contributed by atoms with Crippen molar-refractivity contribution < 1.29 is 0 Å². The summed E-state index contributed by atoms with van der Waals surface area (Å²) in [5.41, 5.74) is 1.53. The Bertz CT molecular complexity index is 560. The fourth-order valence-electron chi connectivity index (χ4n) is 1.67. The molecule has 1 aliphatic carbocycles. The highest BCUT2D eigenvalue weighted by Crippen LogP contribution is 2.38. The third-order valence-corrected chi connectivity index (χ3v) is 2.72. The van der Waals surface area contributed by atoms with Crippen molar-refractivity contribution in [3.8, 4) is 17.5 Å². The first-order valence-electron chi connectivity index (χ1n) is 5.29. The van der Waals surface area contributed by atoms with Gasteiger partial charge in [0, 0.05) is 11.5 Å². The summed E-state index contributed by atoms with van der Waals surface area (Å²) in [5.74, 6) is 2.22. The van der Waals surface area contributed by atoms with E-state index in [1.165, 1.54) is 12.8 Å². The summed E-state index contributed by atoms with van der Waals surface area (Å²) >= 11 is 0. The van der Waals surface area contributed by atoms with E-state index in [0.717, 1.165) is 11.4 Å². The van der Waals surface area contributed by atoms with E-state index >= 15 is 0 Å². The van der Waals surface area contributed by atoms with Gasteiger partial charge in [-0.1, -0.05) is 12.1 Å². The third-order valence-electron chi connectivity index (χ3n) is 2.72. The van der Waals surface area contributed by atoms with Crippen molar-refractivity contribution in [2.45, 2.75) is 18.8 Å². The van der Waals surface area contributed by atoms with Crippen LogP contribution in [0, 0.1) is 11.3 Å². The summed E-state index contributed by atoms with van der Waals surface area (Å²) in [7, 11) is 0. The Hall–Kier alpha value is -2.15. The quantitative estimate of drug-likeness (QED) is 0.826. The zero-order valence-electron chi connectivity index (χ0n) is 8.64. The standard InChI is InChI=1S/C12H10N4/c13-7-8-2-1-3-10(6-8)12-14-11(15-16-12)9-4-5-9/h1-3,6,9H,4-5H2,(H,14,15,16). The molecule has 0 bridgehead atoms. The number of nitriles is 1. The van der Waals surface area contributed by atoms with Gasteiger partial charge in [-0.3, -0.25) is 5.10 Å². The molecular formula is C12H10N4. The molecule has 0 amide bonds. The number of aromatic amines is 1. The maximum atomic E-state index is 8.81. The summed E-state index contributed by atoms with van der Waals surface area (Å²) in [5, 5.41) is 16.0. The zero-order chi connectivity index (χ0) is 11.0. The van der Waals surface area contributed by atoms with Crippen LogP contribution >= 0.6 is 0 Å². The summed E-state index contributed by atoms with van der Waals surface area (Å²) in [6.45, 7) is 0. The molecule has 1 heterocycles. The molecule has 4 nitrogen and oxygen atoms in total. The monoisotopic (exact) mass is 210 g/mol. The van der Waals surface area contributed by atoms with E-state index in [1.807, 2.05) is 12.1 Å². The van der Waals surface area contributed by atoms with Crippen LogP contribution in [0.3, 0.4) is 0 Å². The zero-order valence-corrected chi connectivity index (χ0v) is 8.64. The molecule has 1 aromatic carbocycles. The molecule has 1 aromatic heterocycles. The van der Waals surface area contributed by atoms with E-state index in [2.05, 4.69) is 21.3 Å². The Morgan fingerprint density at radius 3 is 3.00 bits per heavy atom. The highest BCUT2D eigenvalue weighted by atomic mass is 15.2. The maximum absolute atomic E-state index is 8.81. The smallest absolute Gasteiger partial charge is 0.181 e. The fourth-order valence-corrected chi connectivity index (χ4v) is 1.67. The Morgan fingerprint density at radius 1 is 1.38 bits per heavy atom. The van der Waals surface area contributed by atoms with E-state index < -0.39 is 0 Å². The highest BCUT2D eigenvalue weighted by Gasteiger charge is 2.27. The molecule has 0 aliphatic heterocycles. The number of nitrogens with zero attached hydrogens (tertiary/aromatic N) is 3. The van der Waals surface area contributed by atoms with Gasteiger partial charge in [0.15, 0.2) is 5.82 Å². The van der Waals surface area contributed by atoms with Gasteiger partial charge in [-0.15, -0.1) is 0 Å². The van der Waals surface area contributed by atoms with Gasteiger partial charge in [0.1, 0.15) is 5.82 Å². The molecular weight excluding hydrogens is 200 g/mol. The van der Waals surface area contributed by atoms with E-state index in [4.69, 9.17) is 5.26 Å². The minimum atomic E-state index is 0.570.